The van der Waals surface area contributed by atoms with Crippen LogP contribution in [-0.4, -0.2) is 10.7 Å². The fourth-order valence-corrected chi connectivity index (χ4v) is 1.73. The molecule has 0 atom stereocenters. The molecular formula is C14H12ClKN2O4. The first-order valence-corrected chi connectivity index (χ1v) is 6.28. The van der Waals surface area contributed by atoms with E-state index in [0.717, 1.165) is 12.1 Å². The number of carbonyl (C=O) groups is 1. The Bertz CT molecular complexity index is 687. The minimum Gasteiger partial charge on any atom is -0.871 e. The van der Waals surface area contributed by atoms with E-state index in [1.807, 2.05) is 0 Å². The van der Waals surface area contributed by atoms with Crippen molar-refractivity contribution in [3.05, 3.63) is 44.5 Å². The summed E-state index contributed by atoms with van der Waals surface area (Å²) in [6.07, 6.45) is 0. The Kier molecular flexibility index (Phi) is 7.92. The van der Waals surface area contributed by atoms with Gasteiger partial charge in [-0.15, -0.1) is 0 Å². The molecule has 8 heteroatoms. The number of allylic oxidation sites excluding steroid dienone is 1. The fraction of sp³-hybridized carbons (Fsp3) is 0.286. The number of carbonyl (C=O) groups excluding carboxylic acids is 1. The summed E-state index contributed by atoms with van der Waals surface area (Å²) in [5.41, 5.74) is -2.45. The van der Waals surface area contributed by atoms with Crippen LogP contribution in [0.4, 0.5) is 5.69 Å². The molecule has 0 aliphatic rings. The number of hydrogen-bond acceptors (Lipinski definition) is 5. The Labute approximate surface area is 175 Å². The third-order valence-electron chi connectivity index (χ3n) is 2.65. The Morgan fingerprint density at radius 2 is 1.91 bits per heavy atom. The van der Waals surface area contributed by atoms with Gasteiger partial charge in [-0.25, -0.2) is 0 Å². The van der Waals surface area contributed by atoms with Gasteiger partial charge in [0.2, 0.25) is 0 Å². The third kappa shape index (κ3) is 4.88. The van der Waals surface area contributed by atoms with Gasteiger partial charge in [0.05, 0.1) is 10.5 Å². The molecule has 0 aliphatic heterocycles. The Hall–Kier alpha value is -0.754. The maximum Gasteiger partial charge on any atom is 1.00 e. The molecule has 0 spiro atoms. The molecule has 110 valence electrons. The number of nitro benzene ring substituents is 1. The molecule has 1 aromatic rings. The summed E-state index contributed by atoms with van der Waals surface area (Å²) in [5.74, 6) is -1.64. The van der Waals surface area contributed by atoms with Crippen molar-refractivity contribution in [2.75, 3.05) is 0 Å². The van der Waals surface area contributed by atoms with Crippen LogP contribution in [-0.2, 0) is 4.79 Å². The summed E-state index contributed by atoms with van der Waals surface area (Å²) >= 11 is 5.66. The Balaban J connectivity index is 0.00000441. The smallest absolute Gasteiger partial charge is 0.871 e. The van der Waals surface area contributed by atoms with Crippen molar-refractivity contribution in [1.82, 2.24) is 0 Å². The van der Waals surface area contributed by atoms with Crippen molar-refractivity contribution in [3.8, 4) is 6.07 Å². The molecule has 0 aromatic heterocycles. The number of hydrogen-bond donors (Lipinski definition) is 0. The van der Waals surface area contributed by atoms with Gasteiger partial charge in [0.15, 0.2) is 5.78 Å². The predicted octanol–water partition coefficient (Wildman–Crippen LogP) is -0.538. The maximum atomic E-state index is 12.3. The van der Waals surface area contributed by atoms with Crippen molar-refractivity contribution < 1.29 is 66.2 Å². The first-order valence-electron chi connectivity index (χ1n) is 5.90. The number of halogens is 1. The molecule has 1 aromatic carbocycles. The number of nitriles is 1. The van der Waals surface area contributed by atoms with E-state index >= 15 is 0 Å². The normalized spacial score (nSPS) is 11.8. The Morgan fingerprint density at radius 1 is 1.36 bits per heavy atom. The summed E-state index contributed by atoms with van der Waals surface area (Å²) in [6.45, 7) is 4.66. The van der Waals surface area contributed by atoms with Gasteiger partial charge < -0.3 is 5.11 Å². The monoisotopic (exact) mass is 346 g/mol. The van der Waals surface area contributed by atoms with Crippen molar-refractivity contribution in [2.24, 2.45) is 5.41 Å². The van der Waals surface area contributed by atoms with Gasteiger partial charge in [0, 0.05) is 22.1 Å². The summed E-state index contributed by atoms with van der Waals surface area (Å²) in [7, 11) is 0. The number of benzene rings is 1. The van der Waals surface area contributed by atoms with Gasteiger partial charge in [-0.3, -0.25) is 14.9 Å². The van der Waals surface area contributed by atoms with Gasteiger partial charge in [-0.1, -0.05) is 38.1 Å². The molecular weight excluding hydrogens is 335 g/mol. The van der Waals surface area contributed by atoms with Crippen molar-refractivity contribution in [2.45, 2.75) is 20.8 Å². The zero-order valence-electron chi connectivity index (χ0n) is 12.6. The van der Waals surface area contributed by atoms with Gasteiger partial charge >= 0.3 is 51.4 Å². The van der Waals surface area contributed by atoms with Crippen LogP contribution in [0.25, 0.3) is 5.76 Å². The topological polar surface area (TPSA) is 107 Å². The molecule has 0 radical (unpaired) electrons. The number of nitro groups is 1. The molecule has 6 nitrogen and oxygen atoms in total. The molecule has 0 bridgehead atoms. The van der Waals surface area contributed by atoms with Gasteiger partial charge in [0.25, 0.3) is 5.69 Å². The summed E-state index contributed by atoms with van der Waals surface area (Å²) in [4.78, 5) is 22.3. The molecule has 0 amide bonds. The van der Waals surface area contributed by atoms with Crippen LogP contribution >= 0.6 is 11.6 Å². The van der Waals surface area contributed by atoms with Crippen molar-refractivity contribution in [1.29, 1.82) is 5.26 Å². The molecule has 0 aliphatic carbocycles. The molecule has 1 rings (SSSR count). The number of ketones is 1. The minimum atomic E-state index is -0.971. The third-order valence-corrected chi connectivity index (χ3v) is 2.88. The standard InChI is InChI=1S/C14H13ClN2O4.K/c1-14(2,3)13(19)10(7-16)12(18)9-5-4-8(15)6-11(9)17(20)21;/h4-6,18H,1-3H3;/q;+1/p-1. The van der Waals surface area contributed by atoms with E-state index in [1.54, 1.807) is 26.8 Å². The van der Waals surface area contributed by atoms with Crippen LogP contribution < -0.4 is 56.5 Å². The second-order valence-electron chi connectivity index (χ2n) is 5.31. The second kappa shape index (κ2) is 8.20. The molecule has 0 heterocycles. The number of Topliss-reactive ketones (excluding diaryl/α,β-unsaturated/α-hetero) is 1. The summed E-state index contributed by atoms with van der Waals surface area (Å²) < 4.78 is 0. The van der Waals surface area contributed by atoms with E-state index < -0.39 is 33.1 Å². The van der Waals surface area contributed by atoms with Gasteiger partial charge in [-0.05, 0) is 12.1 Å². The molecule has 0 fully saturated rings. The van der Waals surface area contributed by atoms with Gasteiger partial charge in [0.1, 0.15) is 6.07 Å². The quantitative estimate of drug-likeness (QED) is 0.182. The van der Waals surface area contributed by atoms with E-state index in [2.05, 4.69) is 0 Å². The van der Waals surface area contributed by atoms with Crippen LogP contribution in [0.3, 0.4) is 0 Å². The molecule has 0 N–H and O–H groups in total. The van der Waals surface area contributed by atoms with Crippen LogP contribution in [0, 0.1) is 26.9 Å². The maximum absolute atomic E-state index is 12.3. The second-order valence-corrected chi connectivity index (χ2v) is 5.75. The van der Waals surface area contributed by atoms with Crippen LogP contribution in [0.2, 0.25) is 5.02 Å². The van der Waals surface area contributed by atoms with Gasteiger partial charge in [-0.2, -0.15) is 5.26 Å². The fourth-order valence-electron chi connectivity index (χ4n) is 1.56. The van der Waals surface area contributed by atoms with E-state index in [1.165, 1.54) is 6.07 Å². The molecule has 0 unspecified atom stereocenters. The summed E-state index contributed by atoms with van der Waals surface area (Å²) in [6, 6.07) is 4.98. The van der Waals surface area contributed by atoms with Crippen LogP contribution in [0.5, 0.6) is 0 Å². The first kappa shape index (κ1) is 21.2. The van der Waals surface area contributed by atoms with Crippen LogP contribution in [0.15, 0.2) is 23.8 Å². The number of rotatable bonds is 3. The van der Waals surface area contributed by atoms with E-state index in [-0.39, 0.29) is 62.0 Å². The van der Waals surface area contributed by atoms with E-state index in [0.29, 0.717) is 0 Å². The Morgan fingerprint density at radius 3 is 2.32 bits per heavy atom. The predicted molar refractivity (Wildman–Crippen MR) is 75.1 cm³/mol. The average molecular weight is 347 g/mol. The minimum absolute atomic E-state index is 0. The zero-order valence-corrected chi connectivity index (χ0v) is 16.5. The molecule has 22 heavy (non-hydrogen) atoms. The summed E-state index contributed by atoms with van der Waals surface area (Å²) in [5, 5.41) is 32.4. The van der Waals surface area contributed by atoms with Crippen molar-refractivity contribution in [3.63, 3.8) is 0 Å². The molecule has 0 saturated heterocycles. The first-order chi connectivity index (χ1) is 9.59. The zero-order chi connectivity index (χ0) is 16.4. The van der Waals surface area contributed by atoms with E-state index in [9.17, 15) is 20.0 Å². The largest absolute Gasteiger partial charge is 1.00 e. The van der Waals surface area contributed by atoms with E-state index in [4.69, 9.17) is 16.9 Å². The SMILES string of the molecule is CC(C)(C)C(=O)C(C#N)=C([O-])c1ccc(Cl)cc1[N+](=O)[O-].[K+]. The number of nitrogens with zero attached hydrogens (tertiary/aromatic N) is 2. The molecule has 0 saturated carbocycles. The average Bonchev–Trinajstić information content (AvgIpc) is 2.37. The van der Waals surface area contributed by atoms with Crippen LogP contribution in [0.1, 0.15) is 26.3 Å². The van der Waals surface area contributed by atoms with Crippen molar-refractivity contribution >= 4 is 28.8 Å².